The standard InChI is InChI=1S/C13H22N4O2/c1-5-13(6-7-13)8-14-12-11(17(18)19)10(4)15-16(12)9(2)3/h9,14H,5-8H2,1-4H3. The number of aromatic nitrogens is 2. The van der Waals surface area contributed by atoms with Crippen LogP contribution in [0.4, 0.5) is 11.5 Å². The number of nitrogens with one attached hydrogen (secondary N) is 1. The molecule has 19 heavy (non-hydrogen) atoms. The first-order valence-corrected chi connectivity index (χ1v) is 6.87. The van der Waals surface area contributed by atoms with Crippen molar-refractivity contribution < 1.29 is 4.92 Å². The van der Waals surface area contributed by atoms with Gasteiger partial charge in [-0.2, -0.15) is 5.10 Å². The van der Waals surface area contributed by atoms with Gasteiger partial charge in [0.2, 0.25) is 5.82 Å². The van der Waals surface area contributed by atoms with E-state index in [1.54, 1.807) is 11.6 Å². The van der Waals surface area contributed by atoms with Crippen molar-refractivity contribution in [2.24, 2.45) is 5.41 Å². The lowest BCUT2D eigenvalue weighted by molar-refractivity contribution is -0.384. The second-order valence-electron chi connectivity index (χ2n) is 5.79. The number of anilines is 1. The number of aryl methyl sites for hydroxylation is 1. The lowest BCUT2D eigenvalue weighted by atomic mass is 10.0. The summed E-state index contributed by atoms with van der Waals surface area (Å²) >= 11 is 0. The number of nitro groups is 1. The molecule has 0 amide bonds. The summed E-state index contributed by atoms with van der Waals surface area (Å²) in [6, 6.07) is 0.103. The third-order valence-electron chi connectivity index (χ3n) is 4.06. The van der Waals surface area contributed by atoms with Crippen LogP contribution in [0.2, 0.25) is 0 Å². The fourth-order valence-corrected chi connectivity index (χ4v) is 2.40. The monoisotopic (exact) mass is 266 g/mol. The molecule has 0 aliphatic heterocycles. The van der Waals surface area contributed by atoms with E-state index in [9.17, 15) is 10.1 Å². The quantitative estimate of drug-likeness (QED) is 0.633. The molecule has 6 nitrogen and oxygen atoms in total. The minimum atomic E-state index is -0.338. The molecule has 106 valence electrons. The molecule has 1 N–H and O–H groups in total. The summed E-state index contributed by atoms with van der Waals surface area (Å²) in [7, 11) is 0. The molecule has 0 atom stereocenters. The van der Waals surface area contributed by atoms with Crippen LogP contribution < -0.4 is 5.32 Å². The third kappa shape index (κ3) is 2.57. The van der Waals surface area contributed by atoms with Crippen molar-refractivity contribution in [3.8, 4) is 0 Å². The van der Waals surface area contributed by atoms with Crippen LogP contribution in [0.3, 0.4) is 0 Å². The summed E-state index contributed by atoms with van der Waals surface area (Å²) in [4.78, 5) is 10.9. The molecule has 1 saturated carbocycles. The predicted octanol–water partition coefficient (Wildman–Crippen LogP) is 3.28. The van der Waals surface area contributed by atoms with Crippen LogP contribution in [-0.4, -0.2) is 21.2 Å². The largest absolute Gasteiger partial charge is 0.364 e. The van der Waals surface area contributed by atoms with Crippen molar-refractivity contribution in [1.82, 2.24) is 9.78 Å². The molecule has 0 radical (unpaired) electrons. The number of hydrogen-bond donors (Lipinski definition) is 1. The van der Waals surface area contributed by atoms with Gasteiger partial charge < -0.3 is 5.32 Å². The predicted molar refractivity (Wildman–Crippen MR) is 74.5 cm³/mol. The van der Waals surface area contributed by atoms with Gasteiger partial charge in [0.15, 0.2) is 0 Å². The van der Waals surface area contributed by atoms with Crippen LogP contribution in [0.15, 0.2) is 0 Å². The van der Waals surface area contributed by atoms with E-state index in [-0.39, 0.29) is 16.7 Å². The van der Waals surface area contributed by atoms with Crippen LogP contribution in [0.1, 0.15) is 51.8 Å². The topological polar surface area (TPSA) is 73.0 Å². The van der Waals surface area contributed by atoms with Gasteiger partial charge in [0, 0.05) is 12.6 Å². The summed E-state index contributed by atoms with van der Waals surface area (Å²) < 4.78 is 1.72. The summed E-state index contributed by atoms with van der Waals surface area (Å²) in [5.74, 6) is 0.553. The minimum Gasteiger partial charge on any atom is -0.364 e. The molecule has 0 spiro atoms. The zero-order chi connectivity index (χ0) is 14.2. The number of hydrogen-bond acceptors (Lipinski definition) is 4. The molecule has 1 heterocycles. The van der Waals surface area contributed by atoms with Crippen LogP contribution in [0.25, 0.3) is 0 Å². The van der Waals surface area contributed by atoms with Gasteiger partial charge in [-0.3, -0.25) is 10.1 Å². The molecule has 2 rings (SSSR count). The van der Waals surface area contributed by atoms with Gasteiger partial charge in [0.25, 0.3) is 0 Å². The van der Waals surface area contributed by atoms with Crippen molar-refractivity contribution in [1.29, 1.82) is 0 Å². The Kier molecular flexibility index (Phi) is 3.52. The van der Waals surface area contributed by atoms with Gasteiger partial charge >= 0.3 is 5.69 Å². The van der Waals surface area contributed by atoms with Gasteiger partial charge in [0.05, 0.1) is 4.92 Å². The van der Waals surface area contributed by atoms with Gasteiger partial charge in [-0.25, -0.2) is 4.68 Å². The molecule has 0 unspecified atom stereocenters. The van der Waals surface area contributed by atoms with Crippen molar-refractivity contribution in [2.75, 3.05) is 11.9 Å². The zero-order valence-electron chi connectivity index (χ0n) is 12.1. The summed E-state index contributed by atoms with van der Waals surface area (Å²) in [6.07, 6.45) is 3.53. The minimum absolute atomic E-state index is 0.103. The highest BCUT2D eigenvalue weighted by Crippen LogP contribution is 2.48. The Balaban J connectivity index is 2.28. The average molecular weight is 266 g/mol. The maximum atomic E-state index is 11.2. The SMILES string of the molecule is CCC1(CNc2c([N+](=O)[O-])c(C)nn2C(C)C)CC1. The fourth-order valence-electron chi connectivity index (χ4n) is 2.40. The van der Waals surface area contributed by atoms with Gasteiger partial charge in [-0.1, -0.05) is 6.92 Å². The highest BCUT2D eigenvalue weighted by Gasteiger charge is 2.41. The Labute approximate surface area is 113 Å². The molecule has 0 bridgehead atoms. The molecular weight excluding hydrogens is 244 g/mol. The molecule has 1 aromatic heterocycles. The Morgan fingerprint density at radius 3 is 2.58 bits per heavy atom. The summed E-state index contributed by atoms with van der Waals surface area (Å²) in [5, 5.41) is 18.8. The zero-order valence-corrected chi connectivity index (χ0v) is 12.1. The highest BCUT2D eigenvalue weighted by atomic mass is 16.6. The van der Waals surface area contributed by atoms with Crippen molar-refractivity contribution >= 4 is 11.5 Å². The first-order valence-electron chi connectivity index (χ1n) is 6.87. The number of rotatable bonds is 6. The highest BCUT2D eigenvalue weighted by molar-refractivity contribution is 5.60. The molecule has 1 aromatic rings. The van der Waals surface area contributed by atoms with Gasteiger partial charge in [-0.15, -0.1) is 0 Å². The van der Waals surface area contributed by atoms with Crippen LogP contribution in [-0.2, 0) is 0 Å². The van der Waals surface area contributed by atoms with E-state index in [4.69, 9.17) is 0 Å². The Morgan fingerprint density at radius 2 is 2.16 bits per heavy atom. The summed E-state index contributed by atoms with van der Waals surface area (Å²) in [5.41, 5.74) is 0.927. The normalized spacial score (nSPS) is 16.7. The molecular formula is C13H22N4O2. The molecule has 1 fully saturated rings. The number of nitrogens with zero attached hydrogens (tertiary/aromatic N) is 3. The van der Waals surface area contributed by atoms with E-state index in [1.807, 2.05) is 13.8 Å². The van der Waals surface area contributed by atoms with Crippen LogP contribution in [0, 0.1) is 22.5 Å². The second-order valence-corrected chi connectivity index (χ2v) is 5.79. The Morgan fingerprint density at radius 1 is 1.53 bits per heavy atom. The molecule has 0 aromatic carbocycles. The average Bonchev–Trinajstić information content (AvgIpc) is 3.04. The van der Waals surface area contributed by atoms with E-state index in [0.29, 0.717) is 16.9 Å². The maximum Gasteiger partial charge on any atom is 0.333 e. The first kappa shape index (κ1) is 13.8. The lowest BCUT2D eigenvalue weighted by Crippen LogP contribution is -2.18. The molecule has 0 saturated heterocycles. The maximum absolute atomic E-state index is 11.2. The molecule has 1 aliphatic rings. The Bertz CT molecular complexity index is 489. The smallest absolute Gasteiger partial charge is 0.333 e. The second kappa shape index (κ2) is 4.83. The van der Waals surface area contributed by atoms with Crippen molar-refractivity contribution in [2.45, 2.75) is 53.0 Å². The van der Waals surface area contributed by atoms with Crippen molar-refractivity contribution in [3.05, 3.63) is 15.8 Å². The van der Waals surface area contributed by atoms with E-state index >= 15 is 0 Å². The van der Waals surface area contributed by atoms with Gasteiger partial charge in [0.1, 0.15) is 5.69 Å². The van der Waals surface area contributed by atoms with Crippen molar-refractivity contribution in [3.63, 3.8) is 0 Å². The van der Waals surface area contributed by atoms with E-state index in [1.165, 1.54) is 12.8 Å². The van der Waals surface area contributed by atoms with E-state index in [0.717, 1.165) is 13.0 Å². The van der Waals surface area contributed by atoms with E-state index < -0.39 is 0 Å². The Hall–Kier alpha value is -1.59. The molecule has 6 heteroatoms. The van der Waals surface area contributed by atoms with Crippen LogP contribution in [0.5, 0.6) is 0 Å². The first-order chi connectivity index (χ1) is 8.90. The van der Waals surface area contributed by atoms with E-state index in [2.05, 4.69) is 17.3 Å². The van der Waals surface area contributed by atoms with Crippen LogP contribution >= 0.6 is 0 Å². The third-order valence-corrected chi connectivity index (χ3v) is 4.06. The lowest BCUT2D eigenvalue weighted by Gasteiger charge is -2.16. The summed E-state index contributed by atoms with van der Waals surface area (Å²) in [6.45, 7) is 8.62. The van der Waals surface area contributed by atoms with Gasteiger partial charge in [-0.05, 0) is 45.4 Å². The molecule has 1 aliphatic carbocycles. The fraction of sp³-hybridized carbons (Fsp3) is 0.769.